The molecule has 0 radical (unpaired) electrons. The van der Waals surface area contributed by atoms with Gasteiger partial charge < -0.3 is 10.1 Å². The Hall–Kier alpha value is -1.01. The van der Waals surface area contributed by atoms with Crippen molar-refractivity contribution in [1.82, 2.24) is 4.98 Å². The predicted molar refractivity (Wildman–Crippen MR) is 66.3 cm³/mol. The fraction of sp³-hybridized carbons (Fsp3) is 0.583. The summed E-state index contributed by atoms with van der Waals surface area (Å²) in [5.74, 6) is 0.248. The molecule has 2 atom stereocenters. The highest BCUT2D eigenvalue weighted by atomic mass is 35.5. The number of ether oxygens (including phenoxy) is 1. The molecule has 1 aromatic rings. The Bertz CT molecular complexity index is 447. The zero-order chi connectivity index (χ0) is 14.0. The van der Waals surface area contributed by atoms with Gasteiger partial charge in [0.1, 0.15) is 5.82 Å². The summed E-state index contributed by atoms with van der Waals surface area (Å²) in [6.07, 6.45) is -1.71. The molecule has 0 unspecified atom stereocenters. The molecule has 0 aliphatic carbocycles. The second-order valence-electron chi connectivity index (χ2n) is 4.54. The van der Waals surface area contributed by atoms with E-state index in [0.29, 0.717) is 6.61 Å². The zero-order valence-corrected chi connectivity index (χ0v) is 11.1. The van der Waals surface area contributed by atoms with E-state index in [4.69, 9.17) is 16.3 Å². The second kappa shape index (κ2) is 5.54. The van der Waals surface area contributed by atoms with Crippen LogP contribution in [0, 0.1) is 0 Å². The van der Waals surface area contributed by atoms with Crippen molar-refractivity contribution in [3.8, 4) is 0 Å². The van der Waals surface area contributed by atoms with Crippen LogP contribution in [0.1, 0.15) is 25.3 Å². The molecule has 0 amide bonds. The minimum atomic E-state index is -4.44. The lowest BCUT2D eigenvalue weighted by Crippen LogP contribution is -2.30. The number of hydrogen-bond donors (Lipinski definition) is 1. The molecule has 2 rings (SSSR count). The largest absolute Gasteiger partial charge is 0.417 e. The van der Waals surface area contributed by atoms with Crippen LogP contribution in [-0.4, -0.2) is 23.7 Å². The van der Waals surface area contributed by atoms with Gasteiger partial charge in [0.15, 0.2) is 0 Å². The average molecular weight is 295 g/mol. The van der Waals surface area contributed by atoms with Crippen LogP contribution in [0.4, 0.5) is 19.0 Å². The van der Waals surface area contributed by atoms with Gasteiger partial charge in [-0.25, -0.2) is 4.98 Å². The molecular weight excluding hydrogens is 281 g/mol. The number of pyridine rings is 1. The number of alkyl halides is 3. The van der Waals surface area contributed by atoms with Crippen molar-refractivity contribution in [2.75, 3.05) is 11.9 Å². The monoisotopic (exact) mass is 294 g/mol. The number of rotatable bonds is 3. The van der Waals surface area contributed by atoms with Gasteiger partial charge in [0.2, 0.25) is 0 Å². The number of halogens is 4. The maximum atomic E-state index is 12.5. The molecule has 1 aromatic heterocycles. The number of anilines is 1. The predicted octanol–water partition coefficient (Wildman–Crippen LogP) is 3.73. The van der Waals surface area contributed by atoms with Crippen molar-refractivity contribution in [1.29, 1.82) is 0 Å². The summed E-state index contributed by atoms with van der Waals surface area (Å²) in [6, 6.07) is 0.822. The Labute approximate surface area is 114 Å². The molecule has 1 aliphatic heterocycles. The summed E-state index contributed by atoms with van der Waals surface area (Å²) in [4.78, 5) is 3.74. The molecular formula is C12H14ClF3N2O. The summed E-state index contributed by atoms with van der Waals surface area (Å²) in [5, 5.41) is 2.95. The van der Waals surface area contributed by atoms with Crippen LogP contribution >= 0.6 is 11.6 Å². The SMILES string of the molecule is C[C@@H](Nc1ncc(C(F)(F)F)cc1Cl)[C@H]1CCCO1. The van der Waals surface area contributed by atoms with Crippen LogP contribution in [0.15, 0.2) is 12.3 Å². The fourth-order valence-electron chi connectivity index (χ4n) is 2.00. The van der Waals surface area contributed by atoms with E-state index in [1.165, 1.54) is 0 Å². The molecule has 19 heavy (non-hydrogen) atoms. The number of nitrogens with zero attached hydrogens (tertiary/aromatic N) is 1. The Morgan fingerprint density at radius 3 is 2.79 bits per heavy atom. The number of aromatic nitrogens is 1. The minimum absolute atomic E-state index is 0.0418. The maximum Gasteiger partial charge on any atom is 0.417 e. The summed E-state index contributed by atoms with van der Waals surface area (Å²) < 4.78 is 42.9. The summed E-state index contributed by atoms with van der Waals surface area (Å²) >= 11 is 5.82. The van der Waals surface area contributed by atoms with E-state index < -0.39 is 11.7 Å². The molecule has 0 aromatic carbocycles. The number of nitrogens with one attached hydrogen (secondary N) is 1. The maximum absolute atomic E-state index is 12.5. The van der Waals surface area contributed by atoms with E-state index >= 15 is 0 Å². The van der Waals surface area contributed by atoms with E-state index in [9.17, 15) is 13.2 Å². The highest BCUT2D eigenvalue weighted by Gasteiger charge is 2.32. The molecule has 0 saturated carbocycles. The average Bonchev–Trinajstić information content (AvgIpc) is 2.84. The third-order valence-electron chi connectivity index (χ3n) is 3.06. The lowest BCUT2D eigenvalue weighted by atomic mass is 10.1. The molecule has 3 nitrogen and oxygen atoms in total. The fourth-order valence-corrected chi connectivity index (χ4v) is 2.23. The third kappa shape index (κ3) is 3.51. The molecule has 106 valence electrons. The topological polar surface area (TPSA) is 34.2 Å². The van der Waals surface area contributed by atoms with Crippen LogP contribution in [0.5, 0.6) is 0 Å². The Morgan fingerprint density at radius 1 is 1.53 bits per heavy atom. The van der Waals surface area contributed by atoms with Gasteiger partial charge in [-0.05, 0) is 25.8 Å². The van der Waals surface area contributed by atoms with Crippen molar-refractivity contribution in [3.05, 3.63) is 22.8 Å². The van der Waals surface area contributed by atoms with Gasteiger partial charge in [-0.3, -0.25) is 0 Å². The normalized spacial score (nSPS) is 21.4. The van der Waals surface area contributed by atoms with E-state index in [-0.39, 0.29) is 23.0 Å². The van der Waals surface area contributed by atoms with Crippen molar-refractivity contribution in [2.24, 2.45) is 0 Å². The Morgan fingerprint density at radius 2 is 2.26 bits per heavy atom. The lowest BCUT2D eigenvalue weighted by molar-refractivity contribution is -0.137. The summed E-state index contributed by atoms with van der Waals surface area (Å²) in [7, 11) is 0. The molecule has 2 heterocycles. The van der Waals surface area contributed by atoms with Crippen LogP contribution in [0.3, 0.4) is 0 Å². The molecule has 0 spiro atoms. The molecule has 1 saturated heterocycles. The first-order valence-corrected chi connectivity index (χ1v) is 6.36. The zero-order valence-electron chi connectivity index (χ0n) is 10.3. The second-order valence-corrected chi connectivity index (χ2v) is 4.94. The van der Waals surface area contributed by atoms with Crippen molar-refractivity contribution >= 4 is 17.4 Å². The van der Waals surface area contributed by atoms with Crippen LogP contribution in [-0.2, 0) is 10.9 Å². The van der Waals surface area contributed by atoms with Crippen molar-refractivity contribution < 1.29 is 17.9 Å². The van der Waals surface area contributed by atoms with Gasteiger partial charge in [-0.15, -0.1) is 0 Å². The molecule has 0 bridgehead atoms. The highest BCUT2D eigenvalue weighted by Crippen LogP contribution is 2.32. The van der Waals surface area contributed by atoms with E-state index in [1.54, 1.807) is 0 Å². The Kier molecular flexibility index (Phi) is 4.20. The van der Waals surface area contributed by atoms with E-state index in [0.717, 1.165) is 25.1 Å². The van der Waals surface area contributed by atoms with Crippen LogP contribution in [0.25, 0.3) is 0 Å². The first-order valence-electron chi connectivity index (χ1n) is 5.99. The van der Waals surface area contributed by atoms with Gasteiger partial charge >= 0.3 is 6.18 Å². The molecule has 1 N–H and O–H groups in total. The van der Waals surface area contributed by atoms with E-state index in [1.807, 2.05) is 6.92 Å². The summed E-state index contributed by atoms with van der Waals surface area (Å²) in [6.45, 7) is 2.61. The lowest BCUT2D eigenvalue weighted by Gasteiger charge is -2.21. The molecule has 7 heteroatoms. The van der Waals surface area contributed by atoms with Crippen LogP contribution in [0.2, 0.25) is 5.02 Å². The molecule has 1 aliphatic rings. The van der Waals surface area contributed by atoms with E-state index in [2.05, 4.69) is 10.3 Å². The first kappa shape index (κ1) is 14.4. The summed E-state index contributed by atoms with van der Waals surface area (Å²) in [5.41, 5.74) is -0.854. The smallest absolute Gasteiger partial charge is 0.376 e. The van der Waals surface area contributed by atoms with Gasteiger partial charge in [0.25, 0.3) is 0 Å². The quantitative estimate of drug-likeness (QED) is 0.922. The first-order chi connectivity index (χ1) is 8.88. The van der Waals surface area contributed by atoms with Gasteiger partial charge in [0, 0.05) is 12.8 Å². The third-order valence-corrected chi connectivity index (χ3v) is 3.34. The number of hydrogen-bond acceptors (Lipinski definition) is 3. The Balaban J connectivity index is 2.08. The van der Waals surface area contributed by atoms with Gasteiger partial charge in [-0.2, -0.15) is 13.2 Å². The van der Waals surface area contributed by atoms with Gasteiger partial charge in [0.05, 0.1) is 22.7 Å². The van der Waals surface area contributed by atoms with Gasteiger partial charge in [-0.1, -0.05) is 11.6 Å². The highest BCUT2D eigenvalue weighted by molar-refractivity contribution is 6.33. The molecule has 1 fully saturated rings. The minimum Gasteiger partial charge on any atom is -0.376 e. The van der Waals surface area contributed by atoms with Crippen molar-refractivity contribution in [3.63, 3.8) is 0 Å². The van der Waals surface area contributed by atoms with Crippen molar-refractivity contribution in [2.45, 2.75) is 38.1 Å². The van der Waals surface area contributed by atoms with Crippen LogP contribution < -0.4 is 5.32 Å². The standard InChI is InChI=1S/C12H14ClF3N2O/c1-7(10-3-2-4-19-10)18-11-9(13)5-8(6-17-11)12(14,15)16/h5-7,10H,2-4H2,1H3,(H,17,18)/t7-,10-/m1/s1.